The van der Waals surface area contributed by atoms with Crippen LogP contribution in [0.4, 0.5) is 10.1 Å². The van der Waals surface area contributed by atoms with E-state index in [9.17, 15) is 9.18 Å². The normalized spacial score (nSPS) is 26.4. The van der Waals surface area contributed by atoms with Crippen LogP contribution in [0.1, 0.15) is 29.6 Å². The molecule has 19 heavy (non-hydrogen) atoms. The molecule has 0 saturated carbocycles. The Hall–Kier alpha value is -1.62. The fourth-order valence-electron chi connectivity index (χ4n) is 3.27. The van der Waals surface area contributed by atoms with Crippen LogP contribution in [-0.4, -0.2) is 41.1 Å². The third kappa shape index (κ3) is 2.30. The summed E-state index contributed by atoms with van der Waals surface area (Å²) in [6, 6.07) is 4.66. The minimum atomic E-state index is -1.09. The monoisotopic (exact) mass is 264 g/mol. The Balaban J connectivity index is 1.81. The molecule has 1 aromatic carbocycles. The highest BCUT2D eigenvalue weighted by Gasteiger charge is 2.37. The molecule has 2 N–H and O–H groups in total. The van der Waals surface area contributed by atoms with Crippen molar-refractivity contribution in [3.8, 4) is 0 Å². The van der Waals surface area contributed by atoms with Gasteiger partial charge in [0.2, 0.25) is 0 Å². The Labute approximate surface area is 111 Å². The Kier molecular flexibility index (Phi) is 3.14. The second-order valence-electron chi connectivity index (χ2n) is 5.28. The predicted octanol–water partition coefficient (Wildman–Crippen LogP) is 2.17. The molecule has 2 atom stereocenters. The highest BCUT2D eigenvalue weighted by atomic mass is 19.1. The van der Waals surface area contributed by atoms with Crippen LogP contribution in [0.3, 0.4) is 0 Å². The molecule has 2 fully saturated rings. The highest BCUT2D eigenvalue weighted by molar-refractivity contribution is 5.94. The summed E-state index contributed by atoms with van der Waals surface area (Å²) in [4.78, 5) is 13.6. The van der Waals surface area contributed by atoms with E-state index in [-0.39, 0.29) is 11.6 Å². The van der Waals surface area contributed by atoms with E-state index >= 15 is 0 Å². The van der Waals surface area contributed by atoms with E-state index in [0.29, 0.717) is 11.7 Å². The number of nitrogens with one attached hydrogen (secondary N) is 1. The molecule has 0 radical (unpaired) electrons. The third-order valence-corrected chi connectivity index (χ3v) is 4.16. The van der Waals surface area contributed by atoms with Gasteiger partial charge in [0.25, 0.3) is 0 Å². The lowest BCUT2D eigenvalue weighted by atomic mass is 10.0. The van der Waals surface area contributed by atoms with Gasteiger partial charge in [-0.05, 0) is 44.0 Å². The van der Waals surface area contributed by atoms with Crippen molar-refractivity contribution < 1.29 is 14.3 Å². The quantitative estimate of drug-likeness (QED) is 0.878. The number of rotatable bonds is 3. The molecule has 3 rings (SSSR count). The first-order valence-electron chi connectivity index (χ1n) is 6.68. The van der Waals surface area contributed by atoms with Crippen LogP contribution < -0.4 is 5.32 Å². The van der Waals surface area contributed by atoms with Gasteiger partial charge in [-0.2, -0.15) is 0 Å². The number of carbonyl (C=O) groups is 1. The molecule has 0 aromatic heterocycles. The van der Waals surface area contributed by atoms with Crippen molar-refractivity contribution in [2.24, 2.45) is 0 Å². The zero-order chi connectivity index (χ0) is 13.4. The van der Waals surface area contributed by atoms with Gasteiger partial charge in [-0.25, -0.2) is 9.18 Å². The van der Waals surface area contributed by atoms with Crippen molar-refractivity contribution in [2.45, 2.75) is 31.3 Å². The van der Waals surface area contributed by atoms with E-state index in [2.05, 4.69) is 10.2 Å². The second-order valence-corrected chi connectivity index (χ2v) is 5.28. The molecule has 0 amide bonds. The molecule has 2 aliphatic heterocycles. The zero-order valence-corrected chi connectivity index (χ0v) is 10.6. The van der Waals surface area contributed by atoms with Gasteiger partial charge in [-0.15, -0.1) is 0 Å². The molecule has 102 valence electrons. The number of hydrogen-bond donors (Lipinski definition) is 2. The molecule has 2 unspecified atom stereocenters. The number of anilines is 1. The molecule has 0 spiro atoms. The fourth-order valence-corrected chi connectivity index (χ4v) is 3.27. The number of fused-ring (bicyclic) bond motifs is 1. The summed E-state index contributed by atoms with van der Waals surface area (Å²) in [7, 11) is 0. The number of carboxylic acid groups (broad SMARTS) is 1. The second kappa shape index (κ2) is 4.81. The van der Waals surface area contributed by atoms with Crippen LogP contribution >= 0.6 is 0 Å². The molecule has 2 saturated heterocycles. The smallest absolute Gasteiger partial charge is 0.337 e. The molecule has 1 aromatic rings. The van der Waals surface area contributed by atoms with E-state index in [0.717, 1.165) is 32.0 Å². The molecule has 2 aliphatic rings. The van der Waals surface area contributed by atoms with Crippen molar-refractivity contribution in [1.82, 2.24) is 4.90 Å². The van der Waals surface area contributed by atoms with E-state index in [4.69, 9.17) is 5.11 Å². The lowest BCUT2D eigenvalue weighted by Gasteiger charge is -2.23. The maximum Gasteiger partial charge on any atom is 0.337 e. The van der Waals surface area contributed by atoms with Gasteiger partial charge in [0.1, 0.15) is 5.82 Å². The molecule has 0 aliphatic carbocycles. The Morgan fingerprint density at radius 1 is 1.37 bits per heavy atom. The first-order chi connectivity index (χ1) is 9.15. The summed E-state index contributed by atoms with van der Waals surface area (Å²) < 4.78 is 13.1. The summed E-state index contributed by atoms with van der Waals surface area (Å²) in [6.07, 6.45) is 3.38. The molecule has 4 nitrogen and oxygen atoms in total. The van der Waals surface area contributed by atoms with Crippen LogP contribution in [0.15, 0.2) is 18.2 Å². The van der Waals surface area contributed by atoms with Gasteiger partial charge in [0, 0.05) is 24.3 Å². The SMILES string of the molecule is O=C(O)c1cc(F)ccc1NC1CCN2CCCC12. The van der Waals surface area contributed by atoms with Crippen molar-refractivity contribution in [2.75, 3.05) is 18.4 Å². The van der Waals surface area contributed by atoms with E-state index in [1.807, 2.05) is 0 Å². The first-order valence-corrected chi connectivity index (χ1v) is 6.68. The molecule has 0 bridgehead atoms. The molecule has 5 heteroatoms. The Morgan fingerprint density at radius 3 is 3.00 bits per heavy atom. The van der Waals surface area contributed by atoms with Gasteiger partial charge in [-0.3, -0.25) is 4.90 Å². The van der Waals surface area contributed by atoms with Crippen LogP contribution in [-0.2, 0) is 0 Å². The van der Waals surface area contributed by atoms with Crippen LogP contribution in [0.2, 0.25) is 0 Å². The molecule has 2 heterocycles. The summed E-state index contributed by atoms with van der Waals surface area (Å²) in [5.41, 5.74) is 0.532. The number of hydrogen-bond acceptors (Lipinski definition) is 3. The molecular formula is C14H17FN2O2. The zero-order valence-electron chi connectivity index (χ0n) is 10.6. The van der Waals surface area contributed by atoms with Crippen molar-refractivity contribution in [3.63, 3.8) is 0 Å². The summed E-state index contributed by atoms with van der Waals surface area (Å²) in [5, 5.41) is 12.4. The lowest BCUT2D eigenvalue weighted by Crippen LogP contribution is -2.34. The Morgan fingerprint density at radius 2 is 2.21 bits per heavy atom. The standard InChI is InChI=1S/C14H17FN2O2/c15-9-3-4-11(10(8-9)14(18)19)16-12-5-7-17-6-1-2-13(12)17/h3-4,8,12-13,16H,1-2,5-7H2,(H,18,19). The van der Waals surface area contributed by atoms with E-state index in [1.165, 1.54) is 18.6 Å². The largest absolute Gasteiger partial charge is 0.478 e. The minimum Gasteiger partial charge on any atom is -0.478 e. The van der Waals surface area contributed by atoms with Crippen molar-refractivity contribution >= 4 is 11.7 Å². The third-order valence-electron chi connectivity index (χ3n) is 4.16. The number of nitrogens with zero attached hydrogens (tertiary/aromatic N) is 1. The lowest BCUT2D eigenvalue weighted by molar-refractivity contribution is 0.0697. The van der Waals surface area contributed by atoms with E-state index in [1.54, 1.807) is 0 Å². The van der Waals surface area contributed by atoms with Gasteiger partial charge < -0.3 is 10.4 Å². The summed E-state index contributed by atoms with van der Waals surface area (Å²) in [6.45, 7) is 2.20. The average molecular weight is 264 g/mol. The van der Waals surface area contributed by atoms with E-state index < -0.39 is 11.8 Å². The van der Waals surface area contributed by atoms with Crippen molar-refractivity contribution in [3.05, 3.63) is 29.6 Å². The van der Waals surface area contributed by atoms with Gasteiger partial charge in [0.05, 0.1) is 5.56 Å². The summed E-state index contributed by atoms with van der Waals surface area (Å²) >= 11 is 0. The predicted molar refractivity (Wildman–Crippen MR) is 70.0 cm³/mol. The maximum atomic E-state index is 13.1. The number of benzene rings is 1. The molecular weight excluding hydrogens is 247 g/mol. The average Bonchev–Trinajstić information content (AvgIpc) is 2.96. The first kappa shape index (κ1) is 12.4. The fraction of sp³-hybridized carbons (Fsp3) is 0.500. The topological polar surface area (TPSA) is 52.6 Å². The van der Waals surface area contributed by atoms with Gasteiger partial charge >= 0.3 is 5.97 Å². The van der Waals surface area contributed by atoms with Crippen LogP contribution in [0.5, 0.6) is 0 Å². The van der Waals surface area contributed by atoms with Crippen LogP contribution in [0, 0.1) is 5.82 Å². The number of carboxylic acids is 1. The minimum absolute atomic E-state index is 0.0106. The highest BCUT2D eigenvalue weighted by Crippen LogP contribution is 2.31. The number of aromatic carboxylic acids is 1. The maximum absolute atomic E-state index is 13.1. The summed E-state index contributed by atoms with van der Waals surface area (Å²) in [5.74, 6) is -1.61. The Bertz CT molecular complexity index is 506. The van der Waals surface area contributed by atoms with Gasteiger partial charge in [-0.1, -0.05) is 0 Å². The number of halogens is 1. The van der Waals surface area contributed by atoms with Gasteiger partial charge in [0.15, 0.2) is 0 Å². The van der Waals surface area contributed by atoms with Crippen molar-refractivity contribution in [1.29, 1.82) is 0 Å². The van der Waals surface area contributed by atoms with Crippen LogP contribution in [0.25, 0.3) is 0 Å².